The number of rotatable bonds is 3. The third kappa shape index (κ3) is 2.46. The lowest BCUT2D eigenvalue weighted by atomic mass is 9.96. The van der Waals surface area contributed by atoms with Gasteiger partial charge in [-0.05, 0) is 48.9 Å². The van der Waals surface area contributed by atoms with Crippen LogP contribution in [0.5, 0.6) is 5.75 Å². The lowest BCUT2D eigenvalue weighted by Gasteiger charge is -2.26. The molecule has 1 fully saturated rings. The van der Waals surface area contributed by atoms with E-state index in [0.717, 1.165) is 10.8 Å². The number of hydrogen-bond donors (Lipinski definition) is 0. The maximum atomic E-state index is 6.12. The second-order valence-electron chi connectivity index (χ2n) is 4.51. The molecule has 0 atom stereocenters. The predicted octanol–water partition coefficient (Wildman–Crippen LogP) is 4.39. The van der Waals surface area contributed by atoms with Crippen LogP contribution < -0.4 is 4.74 Å². The molecule has 0 bridgehead atoms. The standard InChI is InChI=1S/C13H17ClO/c1-9(2)12-8-11(6-7-13(12)14)15-10-4-3-5-10/h6-10H,3-5H2,1-2H3. The summed E-state index contributed by atoms with van der Waals surface area (Å²) in [5, 5.41) is 0.839. The summed E-state index contributed by atoms with van der Waals surface area (Å²) in [7, 11) is 0. The maximum Gasteiger partial charge on any atom is 0.120 e. The lowest BCUT2D eigenvalue weighted by Crippen LogP contribution is -2.24. The molecule has 0 heterocycles. The SMILES string of the molecule is CC(C)c1cc(OC2CCC2)ccc1Cl. The van der Waals surface area contributed by atoms with Crippen LogP contribution in [0.25, 0.3) is 0 Å². The van der Waals surface area contributed by atoms with E-state index in [2.05, 4.69) is 19.9 Å². The van der Waals surface area contributed by atoms with E-state index >= 15 is 0 Å². The van der Waals surface area contributed by atoms with E-state index in [1.807, 2.05) is 12.1 Å². The molecule has 0 N–H and O–H groups in total. The van der Waals surface area contributed by atoms with E-state index in [4.69, 9.17) is 16.3 Å². The first-order valence-corrected chi connectivity index (χ1v) is 6.00. The van der Waals surface area contributed by atoms with E-state index in [0.29, 0.717) is 12.0 Å². The summed E-state index contributed by atoms with van der Waals surface area (Å²) in [6.07, 6.45) is 4.13. The van der Waals surface area contributed by atoms with Crippen LogP contribution in [0.3, 0.4) is 0 Å². The first kappa shape index (κ1) is 10.8. The fourth-order valence-electron chi connectivity index (χ4n) is 1.72. The zero-order chi connectivity index (χ0) is 10.8. The van der Waals surface area contributed by atoms with Gasteiger partial charge in [-0.1, -0.05) is 25.4 Å². The molecule has 0 amide bonds. The molecular formula is C13H17ClO. The zero-order valence-corrected chi connectivity index (χ0v) is 10.1. The molecule has 1 nitrogen and oxygen atoms in total. The van der Waals surface area contributed by atoms with Gasteiger partial charge in [-0.3, -0.25) is 0 Å². The quantitative estimate of drug-likeness (QED) is 0.740. The normalized spacial score (nSPS) is 16.5. The minimum atomic E-state index is 0.436. The Morgan fingerprint density at radius 3 is 2.60 bits per heavy atom. The number of halogens is 1. The van der Waals surface area contributed by atoms with Crippen LogP contribution in [0.15, 0.2) is 18.2 Å². The average molecular weight is 225 g/mol. The molecular weight excluding hydrogens is 208 g/mol. The van der Waals surface area contributed by atoms with Gasteiger partial charge in [0.1, 0.15) is 5.75 Å². The molecule has 0 spiro atoms. The molecule has 1 saturated carbocycles. The van der Waals surface area contributed by atoms with Gasteiger partial charge in [-0.2, -0.15) is 0 Å². The van der Waals surface area contributed by atoms with Crippen molar-refractivity contribution in [3.63, 3.8) is 0 Å². The molecule has 2 heteroatoms. The van der Waals surface area contributed by atoms with Gasteiger partial charge in [0.05, 0.1) is 6.10 Å². The topological polar surface area (TPSA) is 9.23 Å². The highest BCUT2D eigenvalue weighted by atomic mass is 35.5. The highest BCUT2D eigenvalue weighted by Gasteiger charge is 2.19. The minimum absolute atomic E-state index is 0.436. The Labute approximate surface area is 96.4 Å². The average Bonchev–Trinajstić information content (AvgIpc) is 2.13. The second kappa shape index (κ2) is 4.44. The Morgan fingerprint density at radius 1 is 1.33 bits per heavy atom. The molecule has 0 radical (unpaired) electrons. The summed E-state index contributed by atoms with van der Waals surface area (Å²) in [5.41, 5.74) is 1.17. The predicted molar refractivity (Wildman–Crippen MR) is 63.8 cm³/mol. The molecule has 1 aromatic carbocycles. The molecule has 2 rings (SSSR count). The Hall–Kier alpha value is -0.690. The summed E-state index contributed by atoms with van der Waals surface area (Å²) in [4.78, 5) is 0. The summed E-state index contributed by atoms with van der Waals surface area (Å²) in [6, 6.07) is 5.97. The van der Waals surface area contributed by atoms with Crippen molar-refractivity contribution in [2.45, 2.75) is 45.1 Å². The Kier molecular flexibility index (Phi) is 3.20. The van der Waals surface area contributed by atoms with E-state index in [1.54, 1.807) is 0 Å². The highest BCUT2D eigenvalue weighted by molar-refractivity contribution is 6.31. The van der Waals surface area contributed by atoms with Gasteiger partial charge in [-0.25, -0.2) is 0 Å². The summed E-state index contributed by atoms with van der Waals surface area (Å²) >= 11 is 6.12. The van der Waals surface area contributed by atoms with Gasteiger partial charge in [-0.15, -0.1) is 0 Å². The van der Waals surface area contributed by atoms with Crippen LogP contribution in [0.1, 0.15) is 44.6 Å². The van der Waals surface area contributed by atoms with Gasteiger partial charge in [0.2, 0.25) is 0 Å². The van der Waals surface area contributed by atoms with Crippen LogP contribution in [-0.4, -0.2) is 6.10 Å². The molecule has 1 aliphatic rings. The maximum absolute atomic E-state index is 6.12. The van der Waals surface area contributed by atoms with E-state index in [-0.39, 0.29) is 0 Å². The van der Waals surface area contributed by atoms with Crippen LogP contribution in [0.2, 0.25) is 5.02 Å². The Bertz CT molecular complexity index is 342. The number of hydrogen-bond acceptors (Lipinski definition) is 1. The van der Waals surface area contributed by atoms with Gasteiger partial charge in [0.15, 0.2) is 0 Å². The molecule has 0 aromatic heterocycles. The summed E-state index contributed by atoms with van der Waals surface area (Å²) in [6.45, 7) is 4.29. The van der Waals surface area contributed by atoms with Crippen molar-refractivity contribution in [2.75, 3.05) is 0 Å². The first-order chi connectivity index (χ1) is 7.16. The van der Waals surface area contributed by atoms with Crippen molar-refractivity contribution in [3.05, 3.63) is 28.8 Å². The molecule has 1 aromatic rings. The zero-order valence-electron chi connectivity index (χ0n) is 9.29. The van der Waals surface area contributed by atoms with Gasteiger partial charge >= 0.3 is 0 Å². The molecule has 15 heavy (non-hydrogen) atoms. The van der Waals surface area contributed by atoms with E-state index < -0.39 is 0 Å². The highest BCUT2D eigenvalue weighted by Crippen LogP contribution is 2.31. The van der Waals surface area contributed by atoms with Crippen molar-refractivity contribution in [3.8, 4) is 5.75 Å². The van der Waals surface area contributed by atoms with Gasteiger partial charge < -0.3 is 4.74 Å². The van der Waals surface area contributed by atoms with E-state index in [9.17, 15) is 0 Å². The van der Waals surface area contributed by atoms with E-state index in [1.165, 1.54) is 24.8 Å². The third-order valence-corrected chi connectivity index (χ3v) is 3.29. The van der Waals surface area contributed by atoms with Crippen LogP contribution >= 0.6 is 11.6 Å². The fourth-order valence-corrected chi connectivity index (χ4v) is 2.05. The van der Waals surface area contributed by atoms with Crippen LogP contribution in [0, 0.1) is 0 Å². The van der Waals surface area contributed by atoms with Crippen molar-refractivity contribution in [2.24, 2.45) is 0 Å². The van der Waals surface area contributed by atoms with Crippen LogP contribution in [-0.2, 0) is 0 Å². The molecule has 0 saturated heterocycles. The number of benzene rings is 1. The van der Waals surface area contributed by atoms with Crippen molar-refractivity contribution in [1.82, 2.24) is 0 Å². The Balaban J connectivity index is 2.14. The van der Waals surface area contributed by atoms with Crippen molar-refractivity contribution in [1.29, 1.82) is 0 Å². The smallest absolute Gasteiger partial charge is 0.120 e. The largest absolute Gasteiger partial charge is 0.490 e. The van der Waals surface area contributed by atoms with Crippen LogP contribution in [0.4, 0.5) is 0 Å². The third-order valence-electron chi connectivity index (χ3n) is 2.94. The van der Waals surface area contributed by atoms with Gasteiger partial charge in [0, 0.05) is 5.02 Å². The summed E-state index contributed by atoms with van der Waals surface area (Å²) < 4.78 is 5.84. The Morgan fingerprint density at radius 2 is 2.07 bits per heavy atom. The molecule has 1 aliphatic carbocycles. The monoisotopic (exact) mass is 224 g/mol. The first-order valence-electron chi connectivity index (χ1n) is 5.63. The van der Waals surface area contributed by atoms with Crippen molar-refractivity contribution < 1.29 is 4.74 Å². The molecule has 0 unspecified atom stereocenters. The summed E-state index contributed by atoms with van der Waals surface area (Å²) in [5.74, 6) is 1.41. The minimum Gasteiger partial charge on any atom is -0.490 e. The fraction of sp³-hybridized carbons (Fsp3) is 0.538. The number of ether oxygens (including phenoxy) is 1. The van der Waals surface area contributed by atoms with Gasteiger partial charge in [0.25, 0.3) is 0 Å². The molecule has 82 valence electrons. The lowest BCUT2D eigenvalue weighted by molar-refractivity contribution is 0.120. The van der Waals surface area contributed by atoms with Crippen molar-refractivity contribution >= 4 is 11.6 Å². The second-order valence-corrected chi connectivity index (χ2v) is 4.92. The molecule has 0 aliphatic heterocycles.